The molecular formula is C16H15F2N2O3Re-. The van der Waals surface area contributed by atoms with E-state index in [2.05, 4.69) is 17.2 Å². The van der Waals surface area contributed by atoms with Crippen molar-refractivity contribution in [3.8, 4) is 11.8 Å². The van der Waals surface area contributed by atoms with Gasteiger partial charge in [-0.25, -0.2) is 8.78 Å². The molecule has 2 N–H and O–H groups in total. The SMILES string of the molecule is CC(=O)C#Cc1ccc(C(=O)NC(C([NH-])=O)C(C)C(F)F)cc1.[Re]. The summed E-state index contributed by atoms with van der Waals surface area (Å²) >= 11 is 0. The van der Waals surface area contributed by atoms with Crippen LogP contribution in [0.4, 0.5) is 8.78 Å². The zero-order valence-corrected chi connectivity index (χ0v) is 15.6. The normalized spacial score (nSPS) is 12.2. The molecule has 5 nitrogen and oxygen atoms in total. The fourth-order valence-electron chi connectivity index (χ4n) is 1.67. The van der Waals surface area contributed by atoms with Crippen LogP contribution < -0.4 is 5.32 Å². The number of nitrogens with one attached hydrogen (secondary N) is 2. The predicted octanol–water partition coefficient (Wildman–Crippen LogP) is 2.20. The second-order valence-electron chi connectivity index (χ2n) is 4.89. The minimum Gasteiger partial charge on any atom is -0.666 e. The maximum absolute atomic E-state index is 12.7. The van der Waals surface area contributed by atoms with Crippen LogP contribution in [-0.4, -0.2) is 30.1 Å². The molecule has 0 aromatic heterocycles. The molecule has 0 fully saturated rings. The third-order valence-corrected chi connectivity index (χ3v) is 3.02. The third kappa shape index (κ3) is 6.57. The second-order valence-corrected chi connectivity index (χ2v) is 4.89. The topological polar surface area (TPSA) is 87.0 Å². The molecule has 8 heteroatoms. The quantitative estimate of drug-likeness (QED) is 0.620. The van der Waals surface area contributed by atoms with Crippen LogP contribution in [0.1, 0.15) is 29.8 Å². The van der Waals surface area contributed by atoms with Crippen LogP contribution in [0.5, 0.6) is 0 Å². The monoisotopic (exact) mass is 508 g/mol. The van der Waals surface area contributed by atoms with Crippen molar-refractivity contribution in [3.63, 3.8) is 0 Å². The first-order chi connectivity index (χ1) is 10.7. The molecule has 1 aromatic rings. The maximum atomic E-state index is 12.7. The first kappa shape index (κ1) is 21.9. The van der Waals surface area contributed by atoms with Crippen LogP contribution in [-0.2, 0) is 30.0 Å². The van der Waals surface area contributed by atoms with Gasteiger partial charge in [0.1, 0.15) is 0 Å². The molecule has 24 heavy (non-hydrogen) atoms. The molecular weight excluding hydrogens is 492 g/mol. The van der Waals surface area contributed by atoms with Crippen molar-refractivity contribution in [2.24, 2.45) is 5.92 Å². The standard InChI is InChI=1S/C16H16F2N2O3.Re/c1-9(21)3-4-11-5-7-12(8-6-11)16(23)20-13(15(19)22)10(2)14(17)18;/h5-8,10,13-14H,1-2H3,(H3,19,20,22,23);/p-1. The van der Waals surface area contributed by atoms with E-state index in [4.69, 9.17) is 5.73 Å². The molecule has 2 atom stereocenters. The Morgan fingerprint density at radius 1 is 1.17 bits per heavy atom. The van der Waals surface area contributed by atoms with Crippen molar-refractivity contribution in [2.45, 2.75) is 26.3 Å². The van der Waals surface area contributed by atoms with E-state index in [-0.39, 0.29) is 31.8 Å². The van der Waals surface area contributed by atoms with E-state index < -0.39 is 30.2 Å². The van der Waals surface area contributed by atoms with Gasteiger partial charge >= 0.3 is 0 Å². The number of amides is 2. The fourth-order valence-corrected chi connectivity index (χ4v) is 1.67. The van der Waals surface area contributed by atoms with E-state index in [1.807, 2.05) is 0 Å². The molecule has 0 heterocycles. The summed E-state index contributed by atoms with van der Waals surface area (Å²) in [5.74, 6) is 1.14. The van der Waals surface area contributed by atoms with Gasteiger partial charge in [-0.05, 0) is 30.2 Å². The van der Waals surface area contributed by atoms with Gasteiger partial charge in [0.15, 0.2) is 0 Å². The van der Waals surface area contributed by atoms with Crippen molar-refractivity contribution in [1.29, 1.82) is 0 Å². The summed E-state index contributed by atoms with van der Waals surface area (Å²) in [5.41, 5.74) is 7.64. The molecule has 129 valence electrons. The predicted molar refractivity (Wildman–Crippen MR) is 79.8 cm³/mol. The summed E-state index contributed by atoms with van der Waals surface area (Å²) in [6.45, 7) is 2.40. The first-order valence-corrected chi connectivity index (χ1v) is 6.69. The van der Waals surface area contributed by atoms with Gasteiger partial charge in [0.2, 0.25) is 12.2 Å². The van der Waals surface area contributed by atoms with Crippen LogP contribution in [0.25, 0.3) is 5.73 Å². The number of rotatable bonds is 5. The Morgan fingerprint density at radius 2 is 1.71 bits per heavy atom. The summed E-state index contributed by atoms with van der Waals surface area (Å²) in [6, 6.07) is 4.16. The first-order valence-electron chi connectivity index (χ1n) is 6.69. The van der Waals surface area contributed by atoms with Crippen molar-refractivity contribution in [3.05, 3.63) is 41.1 Å². The Morgan fingerprint density at radius 3 is 2.12 bits per heavy atom. The Balaban J connectivity index is 0.00000529. The Hall–Kier alpha value is -2.09. The number of hydrogen-bond acceptors (Lipinski definition) is 3. The number of benzene rings is 1. The molecule has 1 radical (unpaired) electrons. The van der Waals surface area contributed by atoms with Crippen molar-refractivity contribution in [1.82, 2.24) is 5.32 Å². The molecule has 0 saturated heterocycles. The van der Waals surface area contributed by atoms with Gasteiger partial charge in [-0.1, -0.05) is 12.8 Å². The van der Waals surface area contributed by atoms with Gasteiger partial charge in [0.25, 0.3) is 5.91 Å². The molecule has 1 rings (SSSR count). The zero-order valence-electron chi connectivity index (χ0n) is 12.9. The second kappa shape index (κ2) is 9.92. The molecule has 0 aliphatic heterocycles. The van der Waals surface area contributed by atoms with Crippen LogP contribution >= 0.6 is 0 Å². The van der Waals surface area contributed by atoms with Gasteiger partial charge in [0.05, 0.1) is 11.9 Å². The average Bonchev–Trinajstić information content (AvgIpc) is 2.49. The molecule has 0 aliphatic carbocycles. The summed E-state index contributed by atoms with van der Waals surface area (Å²) in [4.78, 5) is 33.9. The molecule has 2 amide bonds. The van der Waals surface area contributed by atoms with Crippen LogP contribution in [0.2, 0.25) is 0 Å². The Bertz CT molecular complexity index is 666. The number of alkyl halides is 2. The van der Waals surface area contributed by atoms with Gasteiger partial charge in [-0.2, -0.15) is 0 Å². The number of hydrogen-bond donors (Lipinski definition) is 1. The smallest absolute Gasteiger partial charge is 0.251 e. The molecule has 0 bridgehead atoms. The summed E-state index contributed by atoms with van der Waals surface area (Å²) in [6.07, 6.45) is -2.83. The molecule has 0 aliphatic rings. The average molecular weight is 508 g/mol. The van der Waals surface area contributed by atoms with E-state index in [0.29, 0.717) is 5.56 Å². The maximum Gasteiger partial charge on any atom is 0.251 e. The number of Topliss-reactive ketones (excluding diaryl/α,β-unsaturated/α-hetero) is 1. The van der Waals surface area contributed by atoms with Crippen LogP contribution in [0, 0.1) is 17.8 Å². The van der Waals surface area contributed by atoms with Crippen molar-refractivity contribution in [2.75, 3.05) is 0 Å². The van der Waals surface area contributed by atoms with Crippen molar-refractivity contribution >= 4 is 17.6 Å². The van der Waals surface area contributed by atoms with E-state index >= 15 is 0 Å². The number of carbonyl (C=O) groups excluding carboxylic acids is 3. The number of halogens is 2. The molecule has 0 spiro atoms. The van der Waals surface area contributed by atoms with Gasteiger partial charge < -0.3 is 15.8 Å². The zero-order chi connectivity index (χ0) is 17.6. The van der Waals surface area contributed by atoms with Gasteiger partial charge in [-0.15, -0.1) is 0 Å². The molecule has 1 aromatic carbocycles. The minimum atomic E-state index is -2.83. The Kier molecular flexibility index (Phi) is 9.06. The van der Waals surface area contributed by atoms with E-state index in [9.17, 15) is 23.2 Å². The van der Waals surface area contributed by atoms with Crippen LogP contribution in [0.15, 0.2) is 24.3 Å². The Labute approximate surface area is 152 Å². The van der Waals surface area contributed by atoms with E-state index in [1.54, 1.807) is 0 Å². The van der Waals surface area contributed by atoms with Gasteiger partial charge in [-0.3, -0.25) is 9.59 Å². The summed E-state index contributed by atoms with van der Waals surface area (Å²) in [5, 5.41) is 2.14. The third-order valence-electron chi connectivity index (χ3n) is 3.02. The van der Waals surface area contributed by atoms with E-state index in [0.717, 1.165) is 6.92 Å². The number of ketones is 1. The summed E-state index contributed by atoms with van der Waals surface area (Å²) < 4.78 is 25.3. The number of carbonyl (C=O) groups is 3. The molecule has 0 saturated carbocycles. The fraction of sp³-hybridized carbons (Fsp3) is 0.312. The van der Waals surface area contributed by atoms with Crippen molar-refractivity contribution < 1.29 is 43.6 Å². The van der Waals surface area contributed by atoms with Gasteiger partial charge in [0, 0.05) is 44.4 Å². The molecule has 2 unspecified atom stereocenters. The van der Waals surface area contributed by atoms with Crippen LogP contribution in [0.3, 0.4) is 0 Å². The van der Waals surface area contributed by atoms with E-state index in [1.165, 1.54) is 31.2 Å². The summed E-state index contributed by atoms with van der Waals surface area (Å²) in [7, 11) is 0. The largest absolute Gasteiger partial charge is 0.666 e. The minimum absolute atomic E-state index is 0.